The Bertz CT molecular complexity index is 394. The summed E-state index contributed by atoms with van der Waals surface area (Å²) in [4.78, 5) is 2.43. The van der Waals surface area contributed by atoms with Crippen molar-refractivity contribution in [2.75, 3.05) is 13.1 Å². The standard InChI is InChI=1S/C18H31NO/c1-6-18(7-2,19(8-3)9-4)17(20)14-16-13-11-10-12-15(16)5/h10-13,17,20H,6-9,14H2,1-5H3. The number of aliphatic hydroxyl groups excluding tert-OH is 1. The van der Waals surface area contributed by atoms with E-state index in [4.69, 9.17) is 0 Å². The SMILES string of the molecule is CCN(CC)C(CC)(CC)C(O)Cc1ccccc1C. The van der Waals surface area contributed by atoms with Gasteiger partial charge in [-0.15, -0.1) is 0 Å². The molecule has 0 heterocycles. The molecule has 0 amide bonds. The summed E-state index contributed by atoms with van der Waals surface area (Å²) in [5.74, 6) is 0. The van der Waals surface area contributed by atoms with Gasteiger partial charge in [0, 0.05) is 12.0 Å². The van der Waals surface area contributed by atoms with Crippen molar-refractivity contribution in [1.29, 1.82) is 0 Å². The molecule has 1 N–H and O–H groups in total. The van der Waals surface area contributed by atoms with Crippen LogP contribution in [0.3, 0.4) is 0 Å². The summed E-state index contributed by atoms with van der Waals surface area (Å²) in [5, 5.41) is 10.9. The molecule has 0 saturated heterocycles. The largest absolute Gasteiger partial charge is 0.391 e. The maximum Gasteiger partial charge on any atom is 0.0763 e. The third-order valence-corrected chi connectivity index (χ3v) is 4.91. The van der Waals surface area contributed by atoms with Gasteiger partial charge in [0.1, 0.15) is 0 Å². The van der Waals surface area contributed by atoms with Gasteiger partial charge in [0.15, 0.2) is 0 Å². The van der Waals surface area contributed by atoms with Crippen LogP contribution in [0.5, 0.6) is 0 Å². The fourth-order valence-electron chi connectivity index (χ4n) is 3.47. The van der Waals surface area contributed by atoms with Crippen LogP contribution < -0.4 is 0 Å². The first-order valence-corrected chi connectivity index (χ1v) is 8.03. The highest BCUT2D eigenvalue weighted by Gasteiger charge is 2.38. The Morgan fingerprint density at radius 2 is 1.60 bits per heavy atom. The first-order valence-electron chi connectivity index (χ1n) is 8.03. The smallest absolute Gasteiger partial charge is 0.0763 e. The molecule has 0 bridgehead atoms. The normalized spacial score (nSPS) is 13.8. The molecule has 0 saturated carbocycles. The molecule has 1 atom stereocenters. The summed E-state index contributed by atoms with van der Waals surface area (Å²) in [6.45, 7) is 12.9. The molecule has 0 aliphatic carbocycles. The summed E-state index contributed by atoms with van der Waals surface area (Å²) in [7, 11) is 0. The lowest BCUT2D eigenvalue weighted by Gasteiger charge is -2.46. The molecular weight excluding hydrogens is 246 g/mol. The summed E-state index contributed by atoms with van der Waals surface area (Å²) < 4.78 is 0. The first-order chi connectivity index (χ1) is 9.55. The van der Waals surface area contributed by atoms with E-state index in [2.05, 4.69) is 63.8 Å². The Hall–Kier alpha value is -0.860. The van der Waals surface area contributed by atoms with Crippen molar-refractivity contribution in [2.45, 2.75) is 65.5 Å². The number of aliphatic hydroxyl groups is 1. The van der Waals surface area contributed by atoms with E-state index in [1.807, 2.05) is 0 Å². The molecule has 1 unspecified atom stereocenters. The van der Waals surface area contributed by atoms with Crippen LogP contribution in [0.4, 0.5) is 0 Å². The lowest BCUT2D eigenvalue weighted by atomic mass is 9.81. The minimum absolute atomic E-state index is 0.105. The number of benzene rings is 1. The van der Waals surface area contributed by atoms with Crippen LogP contribution in [0.1, 0.15) is 51.7 Å². The number of hydrogen-bond acceptors (Lipinski definition) is 2. The van der Waals surface area contributed by atoms with Gasteiger partial charge in [0.05, 0.1) is 6.10 Å². The molecule has 1 aromatic carbocycles. The lowest BCUT2D eigenvalue weighted by molar-refractivity contribution is -0.0341. The Morgan fingerprint density at radius 1 is 1.05 bits per heavy atom. The minimum atomic E-state index is -0.321. The quantitative estimate of drug-likeness (QED) is 0.781. The number of hydrogen-bond donors (Lipinski definition) is 1. The van der Waals surface area contributed by atoms with E-state index in [-0.39, 0.29) is 11.6 Å². The summed E-state index contributed by atoms with van der Waals surface area (Å²) in [5.41, 5.74) is 2.43. The molecule has 2 nitrogen and oxygen atoms in total. The van der Waals surface area contributed by atoms with E-state index in [9.17, 15) is 5.11 Å². The van der Waals surface area contributed by atoms with Gasteiger partial charge < -0.3 is 5.11 Å². The van der Waals surface area contributed by atoms with E-state index in [0.717, 1.165) is 32.4 Å². The molecule has 20 heavy (non-hydrogen) atoms. The summed E-state index contributed by atoms with van der Waals surface area (Å²) in [6.07, 6.45) is 2.39. The molecule has 1 rings (SSSR count). The molecule has 114 valence electrons. The summed E-state index contributed by atoms with van der Waals surface area (Å²) in [6, 6.07) is 8.38. The topological polar surface area (TPSA) is 23.5 Å². The van der Waals surface area contributed by atoms with Gasteiger partial charge in [-0.1, -0.05) is 52.0 Å². The maximum absolute atomic E-state index is 10.9. The Kier molecular flexibility index (Phi) is 6.70. The number of nitrogens with zero attached hydrogens (tertiary/aromatic N) is 1. The number of likely N-dealkylation sites (N-methyl/N-ethyl adjacent to an activating group) is 1. The van der Waals surface area contributed by atoms with Gasteiger partial charge in [-0.05, 0) is 44.0 Å². The Balaban J connectivity index is 3.00. The second kappa shape index (κ2) is 7.80. The summed E-state index contributed by atoms with van der Waals surface area (Å²) >= 11 is 0. The van der Waals surface area contributed by atoms with Crippen LogP contribution in [-0.4, -0.2) is 34.7 Å². The average molecular weight is 277 g/mol. The van der Waals surface area contributed by atoms with Gasteiger partial charge in [0.25, 0.3) is 0 Å². The van der Waals surface area contributed by atoms with E-state index in [0.29, 0.717) is 0 Å². The minimum Gasteiger partial charge on any atom is -0.391 e. The molecule has 2 heteroatoms. The highest BCUT2D eigenvalue weighted by Crippen LogP contribution is 2.30. The monoisotopic (exact) mass is 277 g/mol. The first kappa shape index (κ1) is 17.2. The molecule has 0 spiro atoms. The van der Waals surface area contributed by atoms with Crippen LogP contribution in [0, 0.1) is 6.92 Å². The average Bonchev–Trinajstić information content (AvgIpc) is 2.47. The van der Waals surface area contributed by atoms with Gasteiger partial charge in [-0.3, -0.25) is 4.90 Å². The Morgan fingerprint density at radius 3 is 2.05 bits per heavy atom. The van der Waals surface area contributed by atoms with Crippen LogP contribution >= 0.6 is 0 Å². The van der Waals surface area contributed by atoms with E-state index >= 15 is 0 Å². The lowest BCUT2D eigenvalue weighted by Crippen LogP contribution is -2.56. The highest BCUT2D eigenvalue weighted by atomic mass is 16.3. The zero-order valence-electron chi connectivity index (χ0n) is 13.8. The highest BCUT2D eigenvalue weighted by molar-refractivity contribution is 5.26. The van der Waals surface area contributed by atoms with Gasteiger partial charge in [0.2, 0.25) is 0 Å². The molecule has 1 aromatic rings. The second-order valence-electron chi connectivity index (χ2n) is 5.63. The van der Waals surface area contributed by atoms with Crippen molar-refractivity contribution in [3.63, 3.8) is 0 Å². The van der Waals surface area contributed by atoms with Crippen LogP contribution in [0.2, 0.25) is 0 Å². The second-order valence-corrected chi connectivity index (χ2v) is 5.63. The van der Waals surface area contributed by atoms with Crippen molar-refractivity contribution < 1.29 is 5.11 Å². The van der Waals surface area contributed by atoms with E-state index in [1.54, 1.807) is 0 Å². The van der Waals surface area contributed by atoms with Crippen LogP contribution in [0.25, 0.3) is 0 Å². The van der Waals surface area contributed by atoms with Crippen LogP contribution in [0.15, 0.2) is 24.3 Å². The van der Waals surface area contributed by atoms with Gasteiger partial charge in [-0.2, -0.15) is 0 Å². The fraction of sp³-hybridized carbons (Fsp3) is 0.667. The van der Waals surface area contributed by atoms with E-state index in [1.165, 1.54) is 11.1 Å². The zero-order chi connectivity index (χ0) is 15.2. The van der Waals surface area contributed by atoms with Crippen molar-refractivity contribution >= 4 is 0 Å². The molecule has 0 aromatic heterocycles. The molecule has 0 fully saturated rings. The van der Waals surface area contributed by atoms with Crippen molar-refractivity contribution in [1.82, 2.24) is 4.90 Å². The fourth-order valence-corrected chi connectivity index (χ4v) is 3.47. The third kappa shape index (κ3) is 3.42. The predicted molar refractivity (Wildman–Crippen MR) is 87.1 cm³/mol. The molecule has 0 aliphatic heterocycles. The zero-order valence-corrected chi connectivity index (χ0v) is 13.8. The van der Waals surface area contributed by atoms with Crippen molar-refractivity contribution in [3.05, 3.63) is 35.4 Å². The van der Waals surface area contributed by atoms with Gasteiger partial charge in [-0.25, -0.2) is 0 Å². The van der Waals surface area contributed by atoms with Crippen LogP contribution in [-0.2, 0) is 6.42 Å². The van der Waals surface area contributed by atoms with Gasteiger partial charge >= 0.3 is 0 Å². The molecule has 0 aliphatic rings. The Labute approximate surface area is 124 Å². The number of aryl methyl sites for hydroxylation is 1. The predicted octanol–water partition coefficient (Wildman–Crippen LogP) is 3.80. The van der Waals surface area contributed by atoms with Crippen molar-refractivity contribution in [2.24, 2.45) is 0 Å². The third-order valence-electron chi connectivity index (χ3n) is 4.91. The molecule has 0 radical (unpaired) electrons. The molecular formula is C18H31NO. The number of rotatable bonds is 8. The van der Waals surface area contributed by atoms with Crippen molar-refractivity contribution in [3.8, 4) is 0 Å². The maximum atomic E-state index is 10.9. The van der Waals surface area contributed by atoms with E-state index < -0.39 is 0 Å².